The summed E-state index contributed by atoms with van der Waals surface area (Å²) in [5, 5.41) is 4.40. The molecule has 21 heavy (non-hydrogen) atoms. The minimum atomic E-state index is 0.283. The zero-order valence-corrected chi connectivity index (χ0v) is 14.0. The fourth-order valence-corrected chi connectivity index (χ4v) is 4.26. The first-order valence-electron chi connectivity index (χ1n) is 7.72. The normalized spacial score (nSPS) is 26.1. The monoisotopic (exact) mass is 327 g/mol. The first kappa shape index (κ1) is 15.2. The van der Waals surface area contributed by atoms with Crippen LogP contribution in [0.2, 0.25) is 5.28 Å². The van der Waals surface area contributed by atoms with Crippen molar-refractivity contribution in [2.45, 2.75) is 49.8 Å². The number of hydrogen-bond acceptors (Lipinski definition) is 6. The first-order chi connectivity index (χ1) is 10.3. The van der Waals surface area contributed by atoms with Gasteiger partial charge in [0, 0.05) is 24.4 Å². The molecular formula is C14H22ClN5S. The molecule has 5 nitrogen and oxygen atoms in total. The number of halogens is 1. The number of aromatic nitrogens is 3. The van der Waals surface area contributed by atoms with Crippen molar-refractivity contribution in [1.29, 1.82) is 0 Å². The van der Waals surface area contributed by atoms with Gasteiger partial charge in [0.25, 0.3) is 0 Å². The van der Waals surface area contributed by atoms with Gasteiger partial charge in [-0.15, -0.1) is 0 Å². The molecule has 0 spiro atoms. The number of nitrogens with zero attached hydrogens (tertiary/aromatic N) is 4. The Morgan fingerprint density at radius 2 is 1.86 bits per heavy atom. The Morgan fingerprint density at radius 3 is 2.62 bits per heavy atom. The molecule has 3 rings (SSSR count). The molecule has 2 atom stereocenters. The predicted molar refractivity (Wildman–Crippen MR) is 89.5 cm³/mol. The van der Waals surface area contributed by atoms with Crippen molar-refractivity contribution in [3.05, 3.63) is 5.28 Å². The van der Waals surface area contributed by atoms with Crippen molar-refractivity contribution in [3.8, 4) is 0 Å². The summed E-state index contributed by atoms with van der Waals surface area (Å²) in [6, 6.07) is 0.429. The Bertz CT molecular complexity index is 480. The lowest BCUT2D eigenvalue weighted by Crippen LogP contribution is -2.35. The Morgan fingerprint density at radius 1 is 1.10 bits per heavy atom. The van der Waals surface area contributed by atoms with Crippen molar-refractivity contribution < 1.29 is 0 Å². The average molecular weight is 328 g/mol. The summed E-state index contributed by atoms with van der Waals surface area (Å²) in [5.41, 5.74) is 0. The average Bonchev–Trinajstić information content (AvgIpc) is 3.01. The minimum absolute atomic E-state index is 0.283. The molecule has 1 aromatic rings. The maximum Gasteiger partial charge on any atom is 0.231 e. The quantitative estimate of drug-likeness (QED) is 0.916. The van der Waals surface area contributed by atoms with E-state index in [9.17, 15) is 0 Å². The molecule has 0 radical (unpaired) electrons. The van der Waals surface area contributed by atoms with Crippen LogP contribution >= 0.6 is 23.4 Å². The number of anilines is 2. The molecule has 2 aliphatic rings. The molecule has 0 amide bonds. The van der Waals surface area contributed by atoms with Gasteiger partial charge in [-0.1, -0.05) is 12.8 Å². The zero-order valence-electron chi connectivity index (χ0n) is 12.4. The van der Waals surface area contributed by atoms with E-state index in [2.05, 4.69) is 31.4 Å². The van der Waals surface area contributed by atoms with Crippen molar-refractivity contribution >= 4 is 35.3 Å². The summed E-state index contributed by atoms with van der Waals surface area (Å²) in [5.74, 6) is 1.34. The van der Waals surface area contributed by atoms with Crippen LogP contribution in [0, 0.1) is 0 Å². The molecule has 1 saturated carbocycles. The van der Waals surface area contributed by atoms with Crippen molar-refractivity contribution in [2.24, 2.45) is 0 Å². The maximum atomic E-state index is 6.08. The van der Waals surface area contributed by atoms with E-state index >= 15 is 0 Å². The van der Waals surface area contributed by atoms with Gasteiger partial charge in [0.2, 0.25) is 17.2 Å². The van der Waals surface area contributed by atoms with Gasteiger partial charge in [0.1, 0.15) is 0 Å². The van der Waals surface area contributed by atoms with E-state index in [4.69, 9.17) is 11.6 Å². The molecule has 7 heteroatoms. The van der Waals surface area contributed by atoms with Crippen LogP contribution in [0.1, 0.15) is 38.5 Å². The molecule has 1 N–H and O–H groups in total. The number of thioether (sulfide) groups is 1. The van der Waals surface area contributed by atoms with Crippen LogP contribution in [0.5, 0.6) is 0 Å². The minimum Gasteiger partial charge on any atom is -0.350 e. The smallest absolute Gasteiger partial charge is 0.231 e. The van der Waals surface area contributed by atoms with Crippen LogP contribution in [0.4, 0.5) is 11.9 Å². The van der Waals surface area contributed by atoms with Gasteiger partial charge in [0.15, 0.2) is 0 Å². The second-order valence-corrected chi connectivity index (χ2v) is 7.15. The Labute approximate surface area is 135 Å². The number of nitrogens with one attached hydrogen (secondary N) is 1. The highest BCUT2D eigenvalue weighted by molar-refractivity contribution is 7.99. The molecule has 2 fully saturated rings. The van der Waals surface area contributed by atoms with E-state index in [-0.39, 0.29) is 5.28 Å². The second kappa shape index (κ2) is 7.01. The summed E-state index contributed by atoms with van der Waals surface area (Å²) >= 11 is 8.01. The summed E-state index contributed by atoms with van der Waals surface area (Å²) in [6.07, 6.45) is 9.60. The van der Waals surface area contributed by atoms with Gasteiger partial charge in [-0.25, -0.2) is 0 Å². The SMILES string of the molecule is CSC1CCCCC1Nc1nc(Cl)nc(N2CCCC2)n1. The predicted octanol–water partition coefficient (Wildman–Crippen LogP) is 3.21. The standard InChI is InChI=1S/C14H22ClN5S/c1-21-11-7-3-2-6-10(11)16-13-17-12(15)18-14(19-13)20-8-4-5-9-20/h10-11H,2-9H2,1H3,(H,16,17,18,19). The molecule has 2 unspecified atom stereocenters. The highest BCUT2D eigenvalue weighted by Gasteiger charge is 2.25. The molecule has 116 valence electrons. The highest BCUT2D eigenvalue weighted by atomic mass is 35.5. The molecule has 0 bridgehead atoms. The summed E-state index contributed by atoms with van der Waals surface area (Å²) < 4.78 is 0. The zero-order chi connectivity index (χ0) is 14.7. The fourth-order valence-electron chi connectivity index (χ4n) is 3.17. The van der Waals surface area contributed by atoms with Gasteiger partial charge in [0.05, 0.1) is 0 Å². The van der Waals surface area contributed by atoms with E-state index in [1.165, 1.54) is 38.5 Å². The number of rotatable bonds is 4. The lowest BCUT2D eigenvalue weighted by Gasteiger charge is -2.31. The third kappa shape index (κ3) is 3.72. The Kier molecular flexibility index (Phi) is 5.06. The number of hydrogen-bond donors (Lipinski definition) is 1. The second-order valence-electron chi connectivity index (χ2n) is 5.73. The molecule has 1 saturated heterocycles. The lowest BCUT2D eigenvalue weighted by molar-refractivity contribution is 0.473. The summed E-state index contributed by atoms with van der Waals surface area (Å²) in [4.78, 5) is 15.3. The molecule has 0 aromatic carbocycles. The van der Waals surface area contributed by atoms with Crippen LogP contribution in [-0.2, 0) is 0 Å². The maximum absolute atomic E-state index is 6.08. The molecular weight excluding hydrogens is 306 g/mol. The van der Waals surface area contributed by atoms with Crippen LogP contribution in [-0.4, -0.2) is 45.6 Å². The van der Waals surface area contributed by atoms with E-state index in [1.54, 1.807) is 0 Å². The van der Waals surface area contributed by atoms with E-state index in [0.29, 0.717) is 23.2 Å². The third-order valence-corrected chi connectivity index (χ3v) is 5.64. The largest absolute Gasteiger partial charge is 0.350 e. The van der Waals surface area contributed by atoms with Gasteiger partial charge >= 0.3 is 0 Å². The van der Waals surface area contributed by atoms with Gasteiger partial charge in [-0.05, 0) is 43.5 Å². The summed E-state index contributed by atoms with van der Waals surface area (Å²) in [7, 11) is 0. The molecule has 1 aromatic heterocycles. The van der Waals surface area contributed by atoms with E-state index < -0.39 is 0 Å². The van der Waals surface area contributed by atoms with Crippen molar-refractivity contribution in [2.75, 3.05) is 29.6 Å². The van der Waals surface area contributed by atoms with Crippen LogP contribution in [0.25, 0.3) is 0 Å². The Hall–Kier alpha value is -0.750. The van der Waals surface area contributed by atoms with E-state index in [0.717, 1.165) is 13.1 Å². The van der Waals surface area contributed by atoms with Crippen molar-refractivity contribution in [1.82, 2.24) is 15.0 Å². The van der Waals surface area contributed by atoms with Crippen LogP contribution < -0.4 is 10.2 Å². The van der Waals surface area contributed by atoms with Crippen LogP contribution in [0.3, 0.4) is 0 Å². The molecule has 1 aliphatic heterocycles. The van der Waals surface area contributed by atoms with E-state index in [1.807, 2.05) is 11.8 Å². The van der Waals surface area contributed by atoms with Gasteiger partial charge < -0.3 is 10.2 Å². The molecule has 2 heterocycles. The summed E-state index contributed by atoms with van der Waals surface area (Å²) in [6.45, 7) is 2.02. The lowest BCUT2D eigenvalue weighted by atomic mass is 9.95. The van der Waals surface area contributed by atoms with Crippen LogP contribution in [0.15, 0.2) is 0 Å². The van der Waals surface area contributed by atoms with Gasteiger partial charge in [-0.3, -0.25) is 0 Å². The fraction of sp³-hybridized carbons (Fsp3) is 0.786. The first-order valence-corrected chi connectivity index (χ1v) is 9.39. The van der Waals surface area contributed by atoms with Gasteiger partial charge in [-0.2, -0.15) is 26.7 Å². The van der Waals surface area contributed by atoms with Crippen molar-refractivity contribution in [3.63, 3.8) is 0 Å². The Balaban J connectivity index is 1.74. The highest BCUT2D eigenvalue weighted by Crippen LogP contribution is 2.29. The topological polar surface area (TPSA) is 53.9 Å². The molecule has 1 aliphatic carbocycles. The third-order valence-electron chi connectivity index (χ3n) is 4.31.